The smallest absolute Gasteiger partial charge is 0.228 e. The molecule has 4 nitrogen and oxygen atoms in total. The monoisotopic (exact) mass is 592 g/mol. The van der Waals surface area contributed by atoms with E-state index < -0.39 is 0 Å². The van der Waals surface area contributed by atoms with Crippen molar-refractivity contribution in [2.45, 2.75) is 130 Å². The number of anilines is 1. The number of carbonyl (C=O) groups is 1. The average Bonchev–Trinajstić information content (AvgIpc) is 3.36. The van der Waals surface area contributed by atoms with Gasteiger partial charge in [0.25, 0.3) is 0 Å². The number of unbranched alkanes of at least 4 members (excludes halogenated alkanes) is 11. The summed E-state index contributed by atoms with van der Waals surface area (Å²) in [5, 5.41) is 3.07. The van der Waals surface area contributed by atoms with Crippen molar-refractivity contribution in [3.05, 3.63) is 70.3 Å². The molecule has 2 aromatic rings. The molecule has 1 aliphatic rings. The van der Waals surface area contributed by atoms with Crippen molar-refractivity contribution < 1.29 is 9.53 Å². The lowest BCUT2D eigenvalue weighted by Gasteiger charge is -2.24. The minimum atomic E-state index is -0.0598. The number of allylic oxidation sites excluding steroid dienone is 1. The maximum absolute atomic E-state index is 12.9. The molecule has 3 rings (SSSR count). The highest BCUT2D eigenvalue weighted by molar-refractivity contribution is 8.03. The summed E-state index contributed by atoms with van der Waals surface area (Å²) < 4.78 is 6.27. The lowest BCUT2D eigenvalue weighted by atomic mass is 9.85. The van der Waals surface area contributed by atoms with E-state index in [9.17, 15) is 4.79 Å². The Kier molecular flexibility index (Phi) is 14.9. The highest BCUT2D eigenvalue weighted by Gasteiger charge is 2.20. The molecule has 232 valence electrons. The van der Waals surface area contributed by atoms with E-state index in [1.54, 1.807) is 0 Å². The molecule has 0 saturated carbocycles. The molecule has 1 amide bonds. The highest BCUT2D eigenvalue weighted by atomic mass is 32.2. The van der Waals surface area contributed by atoms with Crippen molar-refractivity contribution >= 4 is 23.4 Å². The van der Waals surface area contributed by atoms with Crippen molar-refractivity contribution in [3.8, 4) is 5.75 Å². The number of thioether (sulfide) groups is 1. The minimum Gasteiger partial charge on any atom is -0.493 e. The molecule has 1 N–H and O–H groups in total. The van der Waals surface area contributed by atoms with Crippen LogP contribution in [-0.4, -0.2) is 23.3 Å². The predicted octanol–water partition coefficient (Wildman–Crippen LogP) is 10.6. The van der Waals surface area contributed by atoms with Crippen LogP contribution >= 0.6 is 11.8 Å². The van der Waals surface area contributed by atoms with Gasteiger partial charge in [0.1, 0.15) is 5.75 Å². The van der Waals surface area contributed by atoms with Gasteiger partial charge < -0.3 is 15.0 Å². The summed E-state index contributed by atoms with van der Waals surface area (Å²) in [5.41, 5.74) is 4.20. The zero-order valence-corrected chi connectivity index (χ0v) is 27.9. The van der Waals surface area contributed by atoms with Gasteiger partial charge in [0, 0.05) is 18.4 Å². The zero-order valence-electron chi connectivity index (χ0n) is 27.1. The number of nitrogens with one attached hydrogen (secondary N) is 1. The lowest BCUT2D eigenvalue weighted by Crippen LogP contribution is -2.17. The van der Waals surface area contributed by atoms with Crippen molar-refractivity contribution in [2.75, 3.05) is 17.8 Å². The molecule has 0 saturated heterocycles. The largest absolute Gasteiger partial charge is 0.493 e. The molecular weight excluding hydrogens is 536 g/mol. The molecule has 0 bridgehead atoms. The Hall–Kier alpha value is -2.40. The van der Waals surface area contributed by atoms with Gasteiger partial charge in [-0.1, -0.05) is 123 Å². The van der Waals surface area contributed by atoms with Gasteiger partial charge in [0.15, 0.2) is 0 Å². The quantitative estimate of drug-likeness (QED) is 0.165. The van der Waals surface area contributed by atoms with E-state index in [2.05, 4.69) is 75.3 Å². The average molecular weight is 593 g/mol. The second kappa shape index (κ2) is 18.3. The van der Waals surface area contributed by atoms with Crippen LogP contribution in [0.15, 0.2) is 53.6 Å². The summed E-state index contributed by atoms with van der Waals surface area (Å²) >= 11 is 1.87. The van der Waals surface area contributed by atoms with Gasteiger partial charge in [-0.05, 0) is 58.6 Å². The summed E-state index contributed by atoms with van der Waals surface area (Å²) in [6.45, 7) is 12.7. The summed E-state index contributed by atoms with van der Waals surface area (Å²) in [7, 11) is 0. The van der Waals surface area contributed by atoms with E-state index in [1.807, 2.05) is 30.0 Å². The van der Waals surface area contributed by atoms with Crippen molar-refractivity contribution in [1.82, 2.24) is 4.90 Å². The first-order valence-corrected chi connectivity index (χ1v) is 17.4. The number of amides is 1. The summed E-state index contributed by atoms with van der Waals surface area (Å²) in [6, 6.07) is 14.5. The molecule has 2 aromatic carbocycles. The van der Waals surface area contributed by atoms with Crippen LogP contribution in [0, 0.1) is 0 Å². The molecule has 0 spiro atoms. The first-order chi connectivity index (χ1) is 20.2. The second-order valence-corrected chi connectivity index (χ2v) is 14.2. The number of hydrogen-bond donors (Lipinski definition) is 1. The van der Waals surface area contributed by atoms with E-state index >= 15 is 0 Å². The van der Waals surface area contributed by atoms with Gasteiger partial charge in [0.05, 0.1) is 18.9 Å². The third kappa shape index (κ3) is 12.9. The Bertz CT molecular complexity index is 1100. The minimum absolute atomic E-state index is 0.00210. The number of carbonyl (C=O) groups excluding carboxylic acids is 1. The van der Waals surface area contributed by atoms with E-state index in [-0.39, 0.29) is 11.3 Å². The van der Waals surface area contributed by atoms with Crippen LogP contribution in [0.25, 0.3) is 0 Å². The number of nitrogens with zero attached hydrogens (tertiary/aromatic N) is 1. The molecule has 1 aliphatic heterocycles. The third-order valence-corrected chi connectivity index (χ3v) is 8.94. The predicted molar refractivity (Wildman–Crippen MR) is 182 cm³/mol. The van der Waals surface area contributed by atoms with Gasteiger partial charge in [0.2, 0.25) is 5.91 Å². The van der Waals surface area contributed by atoms with Gasteiger partial charge in [-0.2, -0.15) is 0 Å². The van der Waals surface area contributed by atoms with E-state index in [4.69, 9.17) is 4.74 Å². The van der Waals surface area contributed by atoms with Crippen LogP contribution < -0.4 is 10.1 Å². The van der Waals surface area contributed by atoms with Crippen LogP contribution in [0.3, 0.4) is 0 Å². The number of rotatable bonds is 19. The number of ether oxygens (including phenoxy) is 1. The van der Waals surface area contributed by atoms with Crippen LogP contribution in [0.5, 0.6) is 5.75 Å². The highest BCUT2D eigenvalue weighted by Crippen LogP contribution is 2.33. The Morgan fingerprint density at radius 2 is 1.45 bits per heavy atom. The van der Waals surface area contributed by atoms with E-state index in [0.29, 0.717) is 6.42 Å². The van der Waals surface area contributed by atoms with Crippen molar-refractivity contribution in [2.24, 2.45) is 0 Å². The van der Waals surface area contributed by atoms with Crippen molar-refractivity contribution in [3.63, 3.8) is 0 Å². The zero-order chi connectivity index (χ0) is 30.2. The molecule has 0 atom stereocenters. The molecule has 5 heteroatoms. The maximum Gasteiger partial charge on any atom is 0.228 e. The van der Waals surface area contributed by atoms with E-state index in [1.165, 1.54) is 86.7 Å². The second-order valence-electron chi connectivity index (χ2n) is 13.0. The molecular formula is C37H56N2O2S. The van der Waals surface area contributed by atoms with Gasteiger partial charge in [-0.3, -0.25) is 4.79 Å². The topological polar surface area (TPSA) is 41.6 Å². The van der Waals surface area contributed by atoms with Gasteiger partial charge >= 0.3 is 0 Å². The van der Waals surface area contributed by atoms with Crippen LogP contribution in [0.4, 0.5) is 5.69 Å². The number of hydrogen-bond acceptors (Lipinski definition) is 4. The molecule has 0 unspecified atom stereocenters. The summed E-state index contributed by atoms with van der Waals surface area (Å²) in [5.74, 6) is 1.96. The molecule has 0 radical (unpaired) electrons. The summed E-state index contributed by atoms with van der Waals surface area (Å²) in [4.78, 5) is 16.5. The molecule has 0 aromatic heterocycles. The van der Waals surface area contributed by atoms with E-state index in [0.717, 1.165) is 42.4 Å². The Morgan fingerprint density at radius 3 is 2.02 bits per heavy atom. The first kappa shape index (κ1) is 34.1. The number of benzene rings is 2. The molecule has 0 aliphatic carbocycles. The molecule has 42 heavy (non-hydrogen) atoms. The Morgan fingerprint density at radius 1 is 0.857 bits per heavy atom. The lowest BCUT2D eigenvalue weighted by molar-refractivity contribution is -0.115. The standard InChI is InChI=1S/C37H56N2O2S/c1-6-7-8-9-10-11-12-13-14-15-16-17-24-41-35-23-20-32(25-34(35)37(3,4)5)26-36(40)38-33-21-18-31(19-22-33)28-39-27-30(2)42-29-39/h18-23,25,27H,6-17,24,26,28-29H2,1-5H3,(H,38,40). The molecule has 0 fully saturated rings. The van der Waals surface area contributed by atoms with Gasteiger partial charge in [-0.25, -0.2) is 0 Å². The normalized spacial score (nSPS) is 13.4. The third-order valence-electron chi connectivity index (χ3n) is 7.92. The maximum atomic E-state index is 12.9. The fraction of sp³-hybridized carbons (Fsp3) is 0.595. The van der Waals surface area contributed by atoms with Crippen molar-refractivity contribution in [1.29, 1.82) is 0 Å². The first-order valence-electron chi connectivity index (χ1n) is 16.4. The van der Waals surface area contributed by atoms with Gasteiger partial charge in [-0.15, -0.1) is 11.8 Å². The van der Waals surface area contributed by atoms with Crippen LogP contribution in [0.1, 0.15) is 128 Å². The molecule has 1 heterocycles. The van der Waals surface area contributed by atoms with Crippen LogP contribution in [-0.2, 0) is 23.2 Å². The fourth-order valence-corrected chi connectivity index (χ4v) is 6.21. The SMILES string of the molecule is CCCCCCCCCCCCCCOc1ccc(CC(=O)Nc2ccc(CN3C=C(C)SC3)cc2)cc1C(C)(C)C. The Labute approximate surface area is 261 Å². The van der Waals surface area contributed by atoms with Crippen LogP contribution in [0.2, 0.25) is 0 Å². The summed E-state index contributed by atoms with van der Waals surface area (Å²) in [6.07, 6.45) is 18.7. The Balaban J connectivity index is 1.38. The fourth-order valence-electron chi connectivity index (χ4n) is 5.45.